The van der Waals surface area contributed by atoms with E-state index in [1.165, 1.54) is 12.1 Å². The van der Waals surface area contributed by atoms with E-state index in [1.807, 2.05) is 0 Å². The monoisotopic (exact) mass is 250 g/mol. The van der Waals surface area contributed by atoms with Gasteiger partial charge < -0.3 is 11.1 Å². The minimum atomic E-state index is -0.236. The average Bonchev–Trinajstić information content (AvgIpc) is 2.78. The van der Waals surface area contributed by atoms with Gasteiger partial charge in [0.1, 0.15) is 5.82 Å². The maximum atomic E-state index is 12.7. The van der Waals surface area contributed by atoms with Gasteiger partial charge in [0.2, 0.25) is 5.91 Å². The van der Waals surface area contributed by atoms with Crippen molar-refractivity contribution in [2.45, 2.75) is 31.7 Å². The molecule has 1 aromatic rings. The van der Waals surface area contributed by atoms with Crippen LogP contribution in [0.3, 0.4) is 0 Å². The largest absolute Gasteiger partial charge is 0.355 e. The molecule has 18 heavy (non-hydrogen) atoms. The molecule has 1 amide bonds. The van der Waals surface area contributed by atoms with Crippen molar-refractivity contribution in [3.8, 4) is 0 Å². The Labute approximate surface area is 107 Å². The summed E-state index contributed by atoms with van der Waals surface area (Å²) in [6.07, 6.45) is 3.59. The molecule has 98 valence electrons. The zero-order valence-electron chi connectivity index (χ0n) is 10.4. The number of nitrogens with two attached hydrogens (primary N) is 1. The summed E-state index contributed by atoms with van der Waals surface area (Å²) in [4.78, 5) is 11.8. The van der Waals surface area contributed by atoms with Crippen LogP contribution < -0.4 is 11.1 Å². The molecule has 0 bridgehead atoms. The molecule has 1 fully saturated rings. The maximum absolute atomic E-state index is 12.7. The Bertz CT molecular complexity index is 405. The summed E-state index contributed by atoms with van der Waals surface area (Å²) in [5.41, 5.74) is 6.90. The van der Waals surface area contributed by atoms with Crippen LogP contribution in [0.2, 0.25) is 0 Å². The van der Waals surface area contributed by atoms with Crippen molar-refractivity contribution in [1.29, 1.82) is 0 Å². The van der Waals surface area contributed by atoms with Crippen molar-refractivity contribution in [2.75, 3.05) is 6.54 Å². The van der Waals surface area contributed by atoms with Gasteiger partial charge in [0, 0.05) is 12.6 Å². The standard InChI is InChI=1S/C14H19FN2O/c15-11-6-4-10(5-7-11)8-9-17-14(18)12-2-1-3-13(12)16/h4-7,12-13H,1-3,8-9,16H2,(H,17,18). The molecule has 3 nitrogen and oxygen atoms in total. The van der Waals surface area contributed by atoms with E-state index in [0.29, 0.717) is 13.0 Å². The third-order valence-corrected chi connectivity index (χ3v) is 3.53. The first kappa shape index (κ1) is 13.0. The zero-order chi connectivity index (χ0) is 13.0. The molecule has 2 unspecified atom stereocenters. The summed E-state index contributed by atoms with van der Waals surface area (Å²) in [5.74, 6) is -0.208. The van der Waals surface area contributed by atoms with Gasteiger partial charge in [0.05, 0.1) is 5.92 Å². The van der Waals surface area contributed by atoms with Gasteiger partial charge >= 0.3 is 0 Å². The summed E-state index contributed by atoms with van der Waals surface area (Å²) in [6, 6.07) is 6.36. The van der Waals surface area contributed by atoms with Crippen molar-refractivity contribution in [3.05, 3.63) is 35.6 Å². The van der Waals surface area contributed by atoms with Crippen LogP contribution in [0.25, 0.3) is 0 Å². The van der Waals surface area contributed by atoms with Crippen LogP contribution in [0.1, 0.15) is 24.8 Å². The van der Waals surface area contributed by atoms with Gasteiger partial charge in [-0.1, -0.05) is 18.6 Å². The highest BCUT2D eigenvalue weighted by atomic mass is 19.1. The first-order valence-corrected chi connectivity index (χ1v) is 6.44. The molecule has 1 aromatic carbocycles. The van der Waals surface area contributed by atoms with E-state index >= 15 is 0 Å². The molecule has 1 aliphatic rings. The second-order valence-electron chi connectivity index (χ2n) is 4.87. The summed E-state index contributed by atoms with van der Waals surface area (Å²) in [6.45, 7) is 0.577. The third-order valence-electron chi connectivity index (χ3n) is 3.53. The summed E-state index contributed by atoms with van der Waals surface area (Å²) >= 11 is 0. The predicted octanol–water partition coefficient (Wildman–Crippen LogP) is 1.61. The normalized spacial score (nSPS) is 23.0. The van der Waals surface area contributed by atoms with E-state index < -0.39 is 0 Å². The number of carbonyl (C=O) groups excluding carboxylic acids is 1. The lowest BCUT2D eigenvalue weighted by Gasteiger charge is -2.15. The van der Waals surface area contributed by atoms with Crippen molar-refractivity contribution < 1.29 is 9.18 Å². The highest BCUT2D eigenvalue weighted by Crippen LogP contribution is 2.23. The number of halogens is 1. The molecule has 0 spiro atoms. The number of hydrogen-bond acceptors (Lipinski definition) is 2. The van der Waals surface area contributed by atoms with Crippen LogP contribution in [0, 0.1) is 11.7 Å². The fourth-order valence-electron chi connectivity index (χ4n) is 2.43. The molecule has 2 atom stereocenters. The first-order valence-electron chi connectivity index (χ1n) is 6.44. The topological polar surface area (TPSA) is 55.1 Å². The van der Waals surface area contributed by atoms with Crippen molar-refractivity contribution >= 4 is 5.91 Å². The van der Waals surface area contributed by atoms with Crippen LogP contribution in [0.5, 0.6) is 0 Å². The van der Waals surface area contributed by atoms with Gasteiger partial charge in [-0.15, -0.1) is 0 Å². The Morgan fingerprint density at radius 1 is 1.33 bits per heavy atom. The maximum Gasteiger partial charge on any atom is 0.224 e. The van der Waals surface area contributed by atoms with Crippen LogP contribution in [-0.4, -0.2) is 18.5 Å². The second-order valence-corrected chi connectivity index (χ2v) is 4.87. The zero-order valence-corrected chi connectivity index (χ0v) is 10.4. The van der Waals surface area contributed by atoms with E-state index in [9.17, 15) is 9.18 Å². The number of amides is 1. The smallest absolute Gasteiger partial charge is 0.224 e. The Kier molecular flexibility index (Phi) is 4.31. The Morgan fingerprint density at radius 2 is 2.06 bits per heavy atom. The van der Waals surface area contributed by atoms with Gasteiger partial charge in [-0.25, -0.2) is 4.39 Å². The molecular formula is C14H19FN2O. The van der Waals surface area contributed by atoms with Gasteiger partial charge in [-0.2, -0.15) is 0 Å². The molecule has 0 aliphatic heterocycles. The third kappa shape index (κ3) is 3.29. The number of carbonyl (C=O) groups is 1. The molecule has 4 heteroatoms. The minimum absolute atomic E-state index is 0.0100. The minimum Gasteiger partial charge on any atom is -0.355 e. The predicted molar refractivity (Wildman–Crippen MR) is 68.4 cm³/mol. The van der Waals surface area contributed by atoms with Gasteiger partial charge in [0.25, 0.3) is 0 Å². The first-order chi connectivity index (χ1) is 8.66. The lowest BCUT2D eigenvalue weighted by Crippen LogP contribution is -2.39. The van der Waals surface area contributed by atoms with E-state index in [4.69, 9.17) is 5.73 Å². The lowest BCUT2D eigenvalue weighted by molar-refractivity contribution is -0.125. The van der Waals surface area contributed by atoms with Crippen LogP contribution >= 0.6 is 0 Å². The van der Waals surface area contributed by atoms with E-state index in [-0.39, 0.29) is 23.7 Å². The molecule has 3 N–H and O–H groups in total. The summed E-state index contributed by atoms with van der Waals surface area (Å²) < 4.78 is 12.7. The van der Waals surface area contributed by atoms with Gasteiger partial charge in [-0.3, -0.25) is 4.79 Å². The number of benzene rings is 1. The van der Waals surface area contributed by atoms with E-state index in [1.54, 1.807) is 12.1 Å². The van der Waals surface area contributed by atoms with E-state index in [2.05, 4.69) is 5.32 Å². The molecule has 1 aliphatic carbocycles. The number of hydrogen-bond donors (Lipinski definition) is 2. The van der Waals surface area contributed by atoms with Crippen molar-refractivity contribution in [3.63, 3.8) is 0 Å². The molecule has 2 rings (SSSR count). The van der Waals surface area contributed by atoms with Crippen LogP contribution in [-0.2, 0) is 11.2 Å². The van der Waals surface area contributed by atoms with Crippen LogP contribution in [0.4, 0.5) is 4.39 Å². The van der Waals surface area contributed by atoms with Crippen molar-refractivity contribution in [2.24, 2.45) is 11.7 Å². The highest BCUT2D eigenvalue weighted by Gasteiger charge is 2.29. The lowest BCUT2D eigenvalue weighted by atomic mass is 10.0. The van der Waals surface area contributed by atoms with E-state index in [0.717, 1.165) is 24.8 Å². The van der Waals surface area contributed by atoms with Crippen LogP contribution in [0.15, 0.2) is 24.3 Å². The SMILES string of the molecule is NC1CCCC1C(=O)NCCc1ccc(F)cc1. The molecule has 1 saturated carbocycles. The Balaban J connectivity index is 1.75. The molecule has 0 heterocycles. The Morgan fingerprint density at radius 3 is 2.67 bits per heavy atom. The van der Waals surface area contributed by atoms with Crippen molar-refractivity contribution in [1.82, 2.24) is 5.32 Å². The second kappa shape index (κ2) is 5.96. The fourth-order valence-corrected chi connectivity index (χ4v) is 2.43. The molecular weight excluding hydrogens is 231 g/mol. The molecule has 0 aromatic heterocycles. The number of rotatable bonds is 4. The highest BCUT2D eigenvalue weighted by molar-refractivity contribution is 5.79. The summed E-state index contributed by atoms with van der Waals surface area (Å²) in [5, 5.41) is 2.91. The van der Waals surface area contributed by atoms with Gasteiger partial charge in [-0.05, 0) is 37.0 Å². The molecule has 0 radical (unpaired) electrons. The quantitative estimate of drug-likeness (QED) is 0.853. The number of nitrogens with one attached hydrogen (secondary N) is 1. The Hall–Kier alpha value is -1.42. The fraction of sp³-hybridized carbons (Fsp3) is 0.500. The average molecular weight is 250 g/mol. The summed E-state index contributed by atoms with van der Waals surface area (Å²) in [7, 11) is 0. The van der Waals surface area contributed by atoms with Gasteiger partial charge in [0.15, 0.2) is 0 Å². The molecule has 0 saturated heterocycles.